The summed E-state index contributed by atoms with van der Waals surface area (Å²) >= 11 is 0. The van der Waals surface area contributed by atoms with Gasteiger partial charge in [-0.3, -0.25) is 14.8 Å². The molecule has 0 aliphatic rings. The molecule has 2 aromatic rings. The molecular formula is C16H18N2O. The zero-order valence-electron chi connectivity index (χ0n) is 11.4. The zero-order chi connectivity index (χ0) is 13.7. The number of nitrogens with zero attached hydrogens (tertiary/aromatic N) is 2. The number of hydrogen-bond acceptors (Lipinski definition) is 3. The lowest BCUT2D eigenvalue weighted by atomic mass is 10.1. The Bertz CT molecular complexity index is 612. The second-order valence-corrected chi connectivity index (χ2v) is 4.45. The van der Waals surface area contributed by atoms with E-state index in [1.807, 2.05) is 44.2 Å². The smallest absolute Gasteiger partial charge is 0.138 e. The number of rotatable bonds is 5. The monoisotopic (exact) mass is 254 g/mol. The van der Waals surface area contributed by atoms with Crippen molar-refractivity contribution in [3.05, 3.63) is 36.5 Å². The molecule has 3 heteroatoms. The Morgan fingerprint density at radius 3 is 2.68 bits per heavy atom. The molecule has 0 N–H and O–H groups in total. The highest BCUT2D eigenvalue weighted by molar-refractivity contribution is 6.04. The summed E-state index contributed by atoms with van der Waals surface area (Å²) < 4.78 is 0. The normalized spacial score (nSPS) is 11.8. The van der Waals surface area contributed by atoms with Gasteiger partial charge in [0, 0.05) is 30.1 Å². The van der Waals surface area contributed by atoms with Gasteiger partial charge in [0.25, 0.3) is 0 Å². The summed E-state index contributed by atoms with van der Waals surface area (Å²) in [5, 5.41) is 1.03. The molecule has 0 saturated heterocycles. The molecule has 0 aliphatic carbocycles. The van der Waals surface area contributed by atoms with Crippen molar-refractivity contribution in [1.82, 2.24) is 4.98 Å². The van der Waals surface area contributed by atoms with E-state index in [0.29, 0.717) is 12.8 Å². The van der Waals surface area contributed by atoms with Crippen LogP contribution in [0.5, 0.6) is 0 Å². The number of pyridine rings is 1. The fraction of sp³-hybridized carbons (Fsp3) is 0.312. The van der Waals surface area contributed by atoms with E-state index in [0.717, 1.165) is 28.7 Å². The Labute approximate surface area is 113 Å². The minimum atomic E-state index is 0.235. The quantitative estimate of drug-likeness (QED) is 0.754. The van der Waals surface area contributed by atoms with Crippen molar-refractivity contribution >= 4 is 28.1 Å². The predicted octanol–water partition coefficient (Wildman–Crippen LogP) is 4.09. The summed E-state index contributed by atoms with van der Waals surface area (Å²) in [5.41, 5.74) is 2.76. The van der Waals surface area contributed by atoms with Gasteiger partial charge < -0.3 is 0 Å². The molecule has 0 unspecified atom stereocenters. The minimum absolute atomic E-state index is 0.235. The summed E-state index contributed by atoms with van der Waals surface area (Å²) in [5.74, 6) is 0.235. The first-order valence-electron chi connectivity index (χ1n) is 6.66. The van der Waals surface area contributed by atoms with Crippen molar-refractivity contribution in [2.45, 2.75) is 33.1 Å². The third-order valence-corrected chi connectivity index (χ3v) is 3.11. The number of aliphatic imine (C=N–C) groups is 1. The van der Waals surface area contributed by atoms with Gasteiger partial charge in [0.2, 0.25) is 0 Å². The first-order valence-corrected chi connectivity index (χ1v) is 6.66. The van der Waals surface area contributed by atoms with Gasteiger partial charge in [0.05, 0.1) is 11.2 Å². The van der Waals surface area contributed by atoms with Gasteiger partial charge in [-0.25, -0.2) is 0 Å². The molecule has 1 aromatic carbocycles. The molecular weight excluding hydrogens is 236 g/mol. The third kappa shape index (κ3) is 3.25. The van der Waals surface area contributed by atoms with E-state index in [2.05, 4.69) is 9.98 Å². The molecule has 0 bridgehead atoms. The highest BCUT2D eigenvalue weighted by Crippen LogP contribution is 2.24. The number of hydrogen-bond donors (Lipinski definition) is 0. The fourth-order valence-corrected chi connectivity index (χ4v) is 1.94. The number of ketones is 1. The number of fused-ring (bicyclic) bond motifs is 1. The number of carbonyl (C=O) groups is 1. The van der Waals surface area contributed by atoms with E-state index in [9.17, 15) is 4.79 Å². The minimum Gasteiger partial charge on any atom is -0.299 e. The van der Waals surface area contributed by atoms with E-state index in [4.69, 9.17) is 0 Å². The Morgan fingerprint density at radius 1 is 1.16 bits per heavy atom. The van der Waals surface area contributed by atoms with Gasteiger partial charge in [-0.1, -0.05) is 32.0 Å². The van der Waals surface area contributed by atoms with Crippen molar-refractivity contribution in [2.24, 2.45) is 4.99 Å². The molecule has 0 fully saturated rings. The summed E-state index contributed by atoms with van der Waals surface area (Å²) in [7, 11) is 0. The van der Waals surface area contributed by atoms with Gasteiger partial charge >= 0.3 is 0 Å². The molecule has 0 saturated carbocycles. The molecule has 3 nitrogen and oxygen atoms in total. The summed E-state index contributed by atoms with van der Waals surface area (Å²) in [6.07, 6.45) is 3.57. The second-order valence-electron chi connectivity index (χ2n) is 4.45. The Kier molecular flexibility index (Phi) is 4.39. The first-order chi connectivity index (χ1) is 9.24. The number of aromatic nitrogens is 1. The molecule has 1 heterocycles. The molecule has 0 radical (unpaired) electrons. The standard InChI is InChI=1S/C16H18N2O/c1-3-12(11-13(19)4-2)18-16-9-10-17-15-8-6-5-7-14(15)16/h5-10H,3-4,11H2,1-2H3. The van der Waals surface area contributed by atoms with Crippen molar-refractivity contribution in [1.29, 1.82) is 0 Å². The van der Waals surface area contributed by atoms with Crippen LogP contribution in [0.2, 0.25) is 0 Å². The molecule has 1 aromatic heterocycles. The summed E-state index contributed by atoms with van der Waals surface area (Å²) in [6.45, 7) is 3.92. The van der Waals surface area contributed by atoms with Crippen molar-refractivity contribution in [3.63, 3.8) is 0 Å². The molecule has 0 amide bonds. The van der Waals surface area contributed by atoms with Crippen LogP contribution in [-0.4, -0.2) is 16.5 Å². The number of carbonyl (C=O) groups excluding carboxylic acids is 1. The van der Waals surface area contributed by atoms with Gasteiger partial charge in [-0.05, 0) is 18.6 Å². The lowest BCUT2D eigenvalue weighted by Crippen LogP contribution is -2.05. The van der Waals surface area contributed by atoms with Crippen LogP contribution in [0.1, 0.15) is 33.1 Å². The van der Waals surface area contributed by atoms with Crippen LogP contribution < -0.4 is 0 Å². The summed E-state index contributed by atoms with van der Waals surface area (Å²) in [6, 6.07) is 9.82. The van der Waals surface area contributed by atoms with Gasteiger partial charge in [-0.2, -0.15) is 0 Å². The van der Waals surface area contributed by atoms with Crippen molar-refractivity contribution < 1.29 is 4.79 Å². The van der Waals surface area contributed by atoms with E-state index < -0.39 is 0 Å². The maximum atomic E-state index is 11.5. The lowest BCUT2D eigenvalue weighted by molar-refractivity contribution is -0.117. The highest BCUT2D eigenvalue weighted by Gasteiger charge is 2.06. The van der Waals surface area contributed by atoms with Crippen LogP contribution >= 0.6 is 0 Å². The average Bonchev–Trinajstić information content (AvgIpc) is 2.46. The molecule has 0 aliphatic heterocycles. The van der Waals surface area contributed by atoms with E-state index in [1.54, 1.807) is 6.20 Å². The molecule has 0 atom stereocenters. The lowest BCUT2D eigenvalue weighted by Gasteiger charge is -2.05. The van der Waals surface area contributed by atoms with Crippen LogP contribution in [0.3, 0.4) is 0 Å². The fourth-order valence-electron chi connectivity index (χ4n) is 1.94. The Hall–Kier alpha value is -2.03. The number of Topliss-reactive ketones (excluding diaryl/α,β-unsaturated/α-hetero) is 1. The largest absolute Gasteiger partial charge is 0.299 e. The van der Waals surface area contributed by atoms with Crippen LogP contribution in [-0.2, 0) is 4.79 Å². The molecule has 0 spiro atoms. The van der Waals surface area contributed by atoms with E-state index in [1.165, 1.54) is 0 Å². The van der Waals surface area contributed by atoms with Crippen LogP contribution in [0, 0.1) is 0 Å². The maximum absolute atomic E-state index is 11.5. The topological polar surface area (TPSA) is 42.3 Å². The molecule has 98 valence electrons. The maximum Gasteiger partial charge on any atom is 0.138 e. The molecule has 2 rings (SSSR count). The number of benzene rings is 1. The average molecular weight is 254 g/mol. The Balaban J connectivity index is 2.40. The van der Waals surface area contributed by atoms with E-state index in [-0.39, 0.29) is 5.78 Å². The second kappa shape index (κ2) is 6.23. The zero-order valence-corrected chi connectivity index (χ0v) is 11.4. The highest BCUT2D eigenvalue weighted by atomic mass is 16.1. The van der Waals surface area contributed by atoms with Crippen LogP contribution in [0.15, 0.2) is 41.5 Å². The predicted molar refractivity (Wildman–Crippen MR) is 79.0 cm³/mol. The van der Waals surface area contributed by atoms with Gasteiger partial charge in [0.1, 0.15) is 5.78 Å². The third-order valence-electron chi connectivity index (χ3n) is 3.11. The van der Waals surface area contributed by atoms with Crippen molar-refractivity contribution in [2.75, 3.05) is 0 Å². The van der Waals surface area contributed by atoms with Gasteiger partial charge in [0.15, 0.2) is 0 Å². The van der Waals surface area contributed by atoms with Crippen LogP contribution in [0.4, 0.5) is 5.69 Å². The molecule has 19 heavy (non-hydrogen) atoms. The Morgan fingerprint density at radius 2 is 1.95 bits per heavy atom. The van der Waals surface area contributed by atoms with Gasteiger partial charge in [-0.15, -0.1) is 0 Å². The van der Waals surface area contributed by atoms with E-state index >= 15 is 0 Å². The summed E-state index contributed by atoms with van der Waals surface area (Å²) in [4.78, 5) is 20.5. The SMILES string of the molecule is CCC(=O)CC(CC)=Nc1ccnc2ccccc12. The first kappa shape index (κ1) is 13.4. The van der Waals surface area contributed by atoms with Crippen molar-refractivity contribution in [3.8, 4) is 0 Å². The number of para-hydroxylation sites is 1. The van der Waals surface area contributed by atoms with Crippen LogP contribution in [0.25, 0.3) is 10.9 Å².